The zero-order valence-corrected chi connectivity index (χ0v) is 17.9. The first-order valence-corrected chi connectivity index (χ1v) is 9.44. The van der Waals surface area contributed by atoms with Crippen LogP contribution >= 0.6 is 28.1 Å². The van der Waals surface area contributed by atoms with E-state index in [2.05, 4.69) is 31.7 Å². The maximum Gasteiger partial charge on any atom is 0.436 e. The fraction of sp³-hybridized carbons (Fsp3) is 0.412. The molecule has 0 aliphatic heterocycles. The summed E-state index contributed by atoms with van der Waals surface area (Å²) in [7, 11) is 3.10. The third kappa shape index (κ3) is 5.51. The number of rotatable bonds is 7. The number of hydrogen-bond donors (Lipinski definition) is 2. The van der Waals surface area contributed by atoms with Crippen LogP contribution in [0, 0.1) is 6.92 Å². The fourth-order valence-electron chi connectivity index (χ4n) is 2.43. The minimum Gasteiger partial charge on any atom is -0.497 e. The second-order valence-electron chi connectivity index (χ2n) is 5.77. The highest BCUT2D eigenvalue weighted by Gasteiger charge is 2.37. The molecule has 0 fully saturated rings. The van der Waals surface area contributed by atoms with E-state index >= 15 is 0 Å². The minimum atomic E-state index is -4.49. The van der Waals surface area contributed by atoms with Gasteiger partial charge in [-0.25, -0.2) is 0 Å². The molecule has 0 spiro atoms. The number of aromatic nitrogens is 2. The summed E-state index contributed by atoms with van der Waals surface area (Å²) >= 11 is 8.21. The summed E-state index contributed by atoms with van der Waals surface area (Å²) in [5.41, 5.74) is 0.149. The molecule has 0 saturated heterocycles. The van der Waals surface area contributed by atoms with E-state index in [1.165, 1.54) is 4.68 Å². The highest BCUT2D eigenvalue weighted by molar-refractivity contribution is 9.10. The maximum absolute atomic E-state index is 12.9. The van der Waals surface area contributed by atoms with Crippen molar-refractivity contribution in [1.82, 2.24) is 15.1 Å². The summed E-state index contributed by atoms with van der Waals surface area (Å²) in [6, 6.07) is 5.26. The SMILES string of the molecule is COc1ccc(OC)c(NC(=S)NCCCn2nc(C(F)(F)F)c(Br)c2C)c1. The first-order chi connectivity index (χ1) is 13.2. The summed E-state index contributed by atoms with van der Waals surface area (Å²) in [4.78, 5) is 0. The van der Waals surface area contributed by atoms with Crippen LogP contribution in [0.15, 0.2) is 22.7 Å². The molecule has 2 rings (SSSR count). The second kappa shape index (κ2) is 9.46. The largest absolute Gasteiger partial charge is 0.497 e. The summed E-state index contributed by atoms with van der Waals surface area (Å²) in [6.07, 6.45) is -3.96. The van der Waals surface area contributed by atoms with E-state index in [1.807, 2.05) is 0 Å². The number of hydrogen-bond acceptors (Lipinski definition) is 4. The van der Waals surface area contributed by atoms with Crippen LogP contribution < -0.4 is 20.1 Å². The Bertz CT molecular complexity index is 843. The first-order valence-electron chi connectivity index (χ1n) is 8.24. The van der Waals surface area contributed by atoms with Crippen LogP contribution in [0.2, 0.25) is 0 Å². The van der Waals surface area contributed by atoms with Gasteiger partial charge in [-0.2, -0.15) is 18.3 Å². The summed E-state index contributed by atoms with van der Waals surface area (Å²) in [5.74, 6) is 1.24. The van der Waals surface area contributed by atoms with Gasteiger partial charge in [0.15, 0.2) is 10.8 Å². The van der Waals surface area contributed by atoms with Crippen LogP contribution in [0.25, 0.3) is 0 Å². The molecule has 2 aromatic rings. The Morgan fingerprint density at radius 1 is 1.29 bits per heavy atom. The van der Waals surface area contributed by atoms with Gasteiger partial charge >= 0.3 is 6.18 Å². The summed E-state index contributed by atoms with van der Waals surface area (Å²) < 4.78 is 50.4. The van der Waals surface area contributed by atoms with E-state index in [0.717, 1.165) is 0 Å². The predicted octanol–water partition coefficient (Wildman–Crippen LogP) is 4.37. The lowest BCUT2D eigenvalue weighted by atomic mass is 10.2. The van der Waals surface area contributed by atoms with E-state index in [1.54, 1.807) is 39.3 Å². The standard InChI is InChI=1S/C17H20BrF3N4O2S/c1-10-14(18)15(17(19,20)21)24-25(10)8-4-7-22-16(28)23-12-9-11(26-2)5-6-13(12)27-3/h5-6,9H,4,7-8H2,1-3H3,(H2,22,23,28). The molecule has 0 saturated carbocycles. The average Bonchev–Trinajstić information content (AvgIpc) is 2.93. The molecule has 0 amide bonds. The van der Waals surface area contributed by atoms with Crippen LogP contribution in [-0.4, -0.2) is 35.7 Å². The van der Waals surface area contributed by atoms with Gasteiger partial charge in [0.1, 0.15) is 11.5 Å². The predicted molar refractivity (Wildman–Crippen MR) is 108 cm³/mol. The second-order valence-corrected chi connectivity index (χ2v) is 6.97. The van der Waals surface area contributed by atoms with E-state index in [9.17, 15) is 13.2 Å². The smallest absolute Gasteiger partial charge is 0.436 e. The van der Waals surface area contributed by atoms with Gasteiger partial charge in [0.2, 0.25) is 0 Å². The number of alkyl halides is 3. The number of methoxy groups -OCH3 is 2. The molecule has 28 heavy (non-hydrogen) atoms. The fourth-order valence-corrected chi connectivity index (χ4v) is 3.15. The topological polar surface area (TPSA) is 60.3 Å². The molecule has 0 unspecified atom stereocenters. The molecule has 6 nitrogen and oxygen atoms in total. The summed E-state index contributed by atoms with van der Waals surface area (Å²) in [6.45, 7) is 2.36. The Hall–Kier alpha value is -2.01. The zero-order chi connectivity index (χ0) is 20.9. The Labute approximate surface area is 174 Å². The summed E-state index contributed by atoms with van der Waals surface area (Å²) in [5, 5.41) is 10.0. The molecule has 11 heteroatoms. The van der Waals surface area contributed by atoms with Gasteiger partial charge in [-0.15, -0.1) is 0 Å². The molecule has 2 N–H and O–H groups in total. The molecule has 0 aliphatic carbocycles. The Morgan fingerprint density at radius 3 is 2.57 bits per heavy atom. The van der Waals surface area contributed by atoms with Crippen molar-refractivity contribution in [2.24, 2.45) is 0 Å². The zero-order valence-electron chi connectivity index (χ0n) is 15.5. The number of nitrogens with zero attached hydrogens (tertiary/aromatic N) is 2. The van der Waals surface area contributed by atoms with Crippen molar-refractivity contribution in [2.75, 3.05) is 26.1 Å². The van der Waals surface area contributed by atoms with Gasteiger partial charge in [0.25, 0.3) is 0 Å². The van der Waals surface area contributed by atoms with Crippen molar-refractivity contribution in [2.45, 2.75) is 26.1 Å². The Morgan fingerprint density at radius 2 is 2.00 bits per heavy atom. The molecular weight excluding hydrogens is 461 g/mol. The number of ether oxygens (including phenoxy) is 2. The van der Waals surface area contributed by atoms with Gasteiger partial charge in [0.05, 0.1) is 30.1 Å². The van der Waals surface area contributed by atoms with Crippen molar-refractivity contribution in [3.05, 3.63) is 34.1 Å². The van der Waals surface area contributed by atoms with Gasteiger partial charge in [-0.3, -0.25) is 4.68 Å². The quantitative estimate of drug-likeness (QED) is 0.453. The van der Waals surface area contributed by atoms with Crippen molar-refractivity contribution < 1.29 is 22.6 Å². The Kier molecular flexibility index (Phi) is 7.53. The normalized spacial score (nSPS) is 11.2. The van der Waals surface area contributed by atoms with Crippen LogP contribution in [0.1, 0.15) is 17.8 Å². The number of aryl methyl sites for hydroxylation is 1. The number of halogens is 4. The number of benzene rings is 1. The molecule has 1 aromatic carbocycles. The van der Waals surface area contributed by atoms with Crippen molar-refractivity contribution >= 4 is 38.9 Å². The van der Waals surface area contributed by atoms with E-state index < -0.39 is 11.9 Å². The lowest BCUT2D eigenvalue weighted by Crippen LogP contribution is -2.30. The molecule has 0 atom stereocenters. The third-order valence-electron chi connectivity index (χ3n) is 3.89. The monoisotopic (exact) mass is 480 g/mol. The third-order valence-corrected chi connectivity index (χ3v) is 5.08. The molecule has 0 aliphatic rings. The van der Waals surface area contributed by atoms with E-state index in [0.29, 0.717) is 47.5 Å². The lowest BCUT2D eigenvalue weighted by molar-refractivity contribution is -0.142. The van der Waals surface area contributed by atoms with Crippen LogP contribution in [0.4, 0.5) is 18.9 Å². The Balaban J connectivity index is 1.89. The molecule has 1 aromatic heterocycles. The number of anilines is 1. The molecular formula is C17H20BrF3N4O2S. The van der Waals surface area contributed by atoms with Gasteiger partial charge in [-0.05, 0) is 53.6 Å². The van der Waals surface area contributed by atoms with Crippen molar-refractivity contribution in [3.8, 4) is 11.5 Å². The highest BCUT2D eigenvalue weighted by atomic mass is 79.9. The van der Waals surface area contributed by atoms with E-state index in [-0.39, 0.29) is 4.47 Å². The first kappa shape index (κ1) is 22.3. The molecule has 0 radical (unpaired) electrons. The molecule has 154 valence electrons. The van der Waals surface area contributed by atoms with Crippen molar-refractivity contribution in [1.29, 1.82) is 0 Å². The number of nitrogens with one attached hydrogen (secondary N) is 2. The van der Waals surface area contributed by atoms with Crippen LogP contribution in [0.3, 0.4) is 0 Å². The number of thiocarbonyl (C=S) groups is 1. The van der Waals surface area contributed by atoms with Gasteiger partial charge in [0, 0.05) is 19.2 Å². The maximum atomic E-state index is 12.9. The van der Waals surface area contributed by atoms with Crippen LogP contribution in [0.5, 0.6) is 11.5 Å². The molecule has 0 bridgehead atoms. The van der Waals surface area contributed by atoms with E-state index in [4.69, 9.17) is 21.7 Å². The highest BCUT2D eigenvalue weighted by Crippen LogP contribution is 2.35. The van der Waals surface area contributed by atoms with Crippen LogP contribution in [-0.2, 0) is 12.7 Å². The van der Waals surface area contributed by atoms with Gasteiger partial charge < -0.3 is 20.1 Å². The molecule has 1 heterocycles. The van der Waals surface area contributed by atoms with Crippen molar-refractivity contribution in [3.63, 3.8) is 0 Å². The lowest BCUT2D eigenvalue weighted by Gasteiger charge is -2.14. The average molecular weight is 481 g/mol. The van der Waals surface area contributed by atoms with Gasteiger partial charge in [-0.1, -0.05) is 0 Å². The minimum absolute atomic E-state index is 0.0322.